The summed E-state index contributed by atoms with van der Waals surface area (Å²) in [5.41, 5.74) is 2.84. The van der Waals surface area contributed by atoms with Crippen molar-refractivity contribution in [3.63, 3.8) is 0 Å². The molecule has 1 aromatic heterocycles. The first-order valence-electron chi connectivity index (χ1n) is 11.8. The first kappa shape index (κ1) is 25.3. The number of carbonyl (C=O) groups excluding carboxylic acids is 1. The van der Waals surface area contributed by atoms with Crippen LogP contribution in [0.15, 0.2) is 64.4 Å². The molecule has 2 atom stereocenters. The lowest BCUT2D eigenvalue weighted by molar-refractivity contribution is -0.126. The molecule has 0 spiro atoms. The van der Waals surface area contributed by atoms with E-state index in [2.05, 4.69) is 9.59 Å². The van der Waals surface area contributed by atoms with Gasteiger partial charge in [-0.2, -0.15) is 0 Å². The van der Waals surface area contributed by atoms with Crippen LogP contribution >= 0.6 is 22.3 Å². The van der Waals surface area contributed by atoms with Crippen LogP contribution in [0, 0.1) is 18.7 Å². The molecule has 2 aromatic carbocycles. The zero-order chi connectivity index (χ0) is 25.3. The van der Waals surface area contributed by atoms with E-state index in [1.165, 1.54) is 17.6 Å². The van der Waals surface area contributed by atoms with Crippen molar-refractivity contribution < 1.29 is 17.6 Å². The number of nitrogens with zero attached hydrogens (tertiary/aromatic N) is 3. The van der Waals surface area contributed by atoms with Gasteiger partial charge in [-0.3, -0.25) is 9.69 Å². The van der Waals surface area contributed by atoms with Crippen molar-refractivity contribution in [2.24, 2.45) is 5.92 Å². The van der Waals surface area contributed by atoms with Gasteiger partial charge in [-0.1, -0.05) is 40.4 Å². The highest BCUT2D eigenvalue weighted by molar-refractivity contribution is 8.72. The van der Waals surface area contributed by atoms with Crippen LogP contribution in [0.1, 0.15) is 42.1 Å². The van der Waals surface area contributed by atoms with Gasteiger partial charge in [0, 0.05) is 35.2 Å². The lowest BCUT2D eigenvalue weighted by atomic mass is 9.93. The van der Waals surface area contributed by atoms with Crippen LogP contribution in [0.25, 0.3) is 6.08 Å². The number of ketones is 1. The van der Waals surface area contributed by atoms with E-state index in [9.17, 15) is 17.6 Å². The summed E-state index contributed by atoms with van der Waals surface area (Å²) in [4.78, 5) is 15.6. The Balaban J connectivity index is 1.46. The summed E-state index contributed by atoms with van der Waals surface area (Å²) in [7, 11) is -2.68. The van der Waals surface area contributed by atoms with E-state index >= 15 is 0 Å². The second kappa shape index (κ2) is 10.5. The standard InChI is InChI=1S/C26H26FN3O3S3/c1-17-6-10-21(11-7-17)36(32,33)35-24-12-13-30(15-19(24)14-20-16-34-29-28-20)25(26(31)18-8-9-18)22-4-2-3-5-23(22)27/h2-7,10-11,14,16,18,24-25H,8-9,12-13,15H2,1H3. The maximum Gasteiger partial charge on any atom is 0.230 e. The Labute approximate surface area is 218 Å². The van der Waals surface area contributed by atoms with E-state index in [-0.39, 0.29) is 21.8 Å². The molecule has 2 heterocycles. The van der Waals surface area contributed by atoms with E-state index in [0.29, 0.717) is 30.8 Å². The van der Waals surface area contributed by atoms with E-state index < -0.39 is 20.7 Å². The molecule has 188 valence electrons. The predicted molar refractivity (Wildman–Crippen MR) is 141 cm³/mol. The highest BCUT2D eigenvalue weighted by Crippen LogP contribution is 2.42. The third kappa shape index (κ3) is 5.61. The van der Waals surface area contributed by atoms with Gasteiger partial charge in [0.2, 0.25) is 8.87 Å². The van der Waals surface area contributed by atoms with Gasteiger partial charge < -0.3 is 0 Å². The maximum atomic E-state index is 14.9. The number of likely N-dealkylation sites (tertiary alicyclic amines) is 1. The number of rotatable bonds is 8. The molecule has 0 N–H and O–H groups in total. The molecule has 0 radical (unpaired) electrons. The molecule has 3 aromatic rings. The second-order valence-electron chi connectivity index (χ2n) is 9.26. The Morgan fingerprint density at radius 2 is 1.92 bits per heavy atom. The molecule has 36 heavy (non-hydrogen) atoms. The Morgan fingerprint density at radius 3 is 2.58 bits per heavy atom. The van der Waals surface area contributed by atoms with E-state index in [4.69, 9.17) is 0 Å². The topological polar surface area (TPSA) is 80.2 Å². The largest absolute Gasteiger partial charge is 0.297 e. The lowest BCUT2D eigenvalue weighted by Gasteiger charge is -2.38. The molecule has 2 unspecified atom stereocenters. The SMILES string of the molecule is Cc1ccc(S(=O)(=O)SC2CCN(C(C(=O)C3CC3)c3ccccc3F)CC2=Cc2csnn2)cc1. The predicted octanol–water partition coefficient (Wildman–Crippen LogP) is 5.29. The zero-order valence-electron chi connectivity index (χ0n) is 19.7. The number of hydrogen-bond acceptors (Lipinski definition) is 8. The summed E-state index contributed by atoms with van der Waals surface area (Å²) in [5.74, 6) is -0.406. The first-order chi connectivity index (χ1) is 17.3. The third-order valence-electron chi connectivity index (χ3n) is 6.55. The minimum Gasteiger partial charge on any atom is -0.297 e. The minimum atomic E-state index is -3.61. The van der Waals surface area contributed by atoms with Crippen LogP contribution in [0.5, 0.6) is 0 Å². The summed E-state index contributed by atoms with van der Waals surface area (Å²) in [6.45, 7) is 2.73. The fraction of sp³-hybridized carbons (Fsp3) is 0.346. The van der Waals surface area contributed by atoms with Crippen LogP contribution in [0.3, 0.4) is 0 Å². The quantitative estimate of drug-likeness (QED) is 0.357. The fourth-order valence-electron chi connectivity index (χ4n) is 4.51. The molecule has 2 fully saturated rings. The van der Waals surface area contributed by atoms with Gasteiger partial charge in [0.25, 0.3) is 0 Å². The smallest absolute Gasteiger partial charge is 0.230 e. The van der Waals surface area contributed by atoms with E-state index in [1.54, 1.807) is 47.8 Å². The van der Waals surface area contributed by atoms with Crippen LogP contribution in [-0.2, 0) is 13.7 Å². The van der Waals surface area contributed by atoms with Gasteiger partial charge >= 0.3 is 0 Å². The lowest BCUT2D eigenvalue weighted by Crippen LogP contribution is -2.43. The van der Waals surface area contributed by atoms with Gasteiger partial charge in [0.1, 0.15) is 5.82 Å². The van der Waals surface area contributed by atoms with Crippen molar-refractivity contribution in [1.82, 2.24) is 14.5 Å². The molecule has 6 nitrogen and oxygen atoms in total. The van der Waals surface area contributed by atoms with Crippen LogP contribution < -0.4 is 0 Å². The van der Waals surface area contributed by atoms with Crippen molar-refractivity contribution in [3.05, 3.63) is 82.1 Å². The van der Waals surface area contributed by atoms with Crippen molar-refractivity contribution >= 4 is 43.1 Å². The Morgan fingerprint density at radius 1 is 1.17 bits per heavy atom. The Bertz CT molecular complexity index is 1370. The van der Waals surface area contributed by atoms with Crippen LogP contribution in [0.2, 0.25) is 0 Å². The molecule has 10 heteroatoms. The molecule has 5 rings (SSSR count). The van der Waals surface area contributed by atoms with E-state index in [0.717, 1.165) is 34.8 Å². The number of carbonyl (C=O) groups is 1. The number of piperidine rings is 1. The minimum absolute atomic E-state index is 0.0353. The zero-order valence-corrected chi connectivity index (χ0v) is 22.2. The number of hydrogen-bond donors (Lipinski definition) is 0. The van der Waals surface area contributed by atoms with Crippen molar-refractivity contribution in [1.29, 1.82) is 0 Å². The van der Waals surface area contributed by atoms with Crippen molar-refractivity contribution in [3.8, 4) is 0 Å². The highest BCUT2D eigenvalue weighted by Gasteiger charge is 2.42. The molecular weight excluding hydrogens is 518 g/mol. The normalized spacial score (nSPS) is 20.9. The molecular formula is C26H26FN3O3S3. The second-order valence-corrected chi connectivity index (χ2v) is 13.9. The number of benzene rings is 2. The molecule has 0 bridgehead atoms. The van der Waals surface area contributed by atoms with Crippen molar-refractivity contribution in [2.45, 2.75) is 42.4 Å². The summed E-state index contributed by atoms with van der Waals surface area (Å²) in [6.07, 6.45) is 4.02. The molecule has 0 amide bonds. The summed E-state index contributed by atoms with van der Waals surface area (Å²) >= 11 is 1.22. The van der Waals surface area contributed by atoms with Gasteiger partial charge in [0.15, 0.2) is 5.78 Å². The van der Waals surface area contributed by atoms with Crippen molar-refractivity contribution in [2.75, 3.05) is 13.1 Å². The monoisotopic (exact) mass is 543 g/mol. The number of Topliss-reactive ketones (excluding diaryl/α,β-unsaturated/α-hetero) is 1. The van der Waals surface area contributed by atoms with E-state index in [1.807, 2.05) is 17.9 Å². The van der Waals surface area contributed by atoms with Gasteiger partial charge in [-0.15, -0.1) is 5.10 Å². The number of halogens is 1. The van der Waals surface area contributed by atoms with Gasteiger partial charge in [0.05, 0.1) is 16.6 Å². The molecule has 1 aliphatic carbocycles. The highest BCUT2D eigenvalue weighted by atomic mass is 33.1. The van der Waals surface area contributed by atoms with Gasteiger partial charge in [-0.05, 0) is 78.4 Å². The summed E-state index contributed by atoms with van der Waals surface area (Å²) in [6, 6.07) is 12.6. The third-order valence-corrected chi connectivity index (χ3v) is 11.0. The Kier molecular flexibility index (Phi) is 7.39. The first-order valence-corrected chi connectivity index (χ1v) is 15.5. The molecule has 1 saturated heterocycles. The van der Waals surface area contributed by atoms with Gasteiger partial charge in [-0.25, -0.2) is 12.8 Å². The number of aryl methyl sites for hydroxylation is 1. The molecule has 1 aliphatic heterocycles. The average molecular weight is 544 g/mol. The summed E-state index contributed by atoms with van der Waals surface area (Å²) in [5, 5.41) is 5.58. The Hall–Kier alpha value is -2.40. The van der Waals surface area contributed by atoms with Crippen LogP contribution in [0.4, 0.5) is 4.39 Å². The average Bonchev–Trinajstić information content (AvgIpc) is 3.59. The number of aromatic nitrogens is 2. The maximum absolute atomic E-state index is 14.9. The van der Waals surface area contributed by atoms with Crippen LogP contribution in [-0.4, -0.2) is 47.0 Å². The summed E-state index contributed by atoms with van der Waals surface area (Å²) < 4.78 is 45.3. The molecule has 2 aliphatic rings. The molecule has 1 saturated carbocycles. The fourth-order valence-corrected chi connectivity index (χ4v) is 8.52.